The van der Waals surface area contributed by atoms with E-state index in [1.165, 1.54) is 7.11 Å². The van der Waals surface area contributed by atoms with E-state index >= 15 is 0 Å². The van der Waals surface area contributed by atoms with E-state index in [0.29, 0.717) is 16.7 Å². The maximum absolute atomic E-state index is 12.5. The molecule has 2 aromatic carbocycles. The molecule has 1 aromatic heterocycles. The molecule has 0 amide bonds. The molecule has 3 rings (SSSR count). The predicted molar refractivity (Wildman–Crippen MR) is 79.2 cm³/mol. The van der Waals surface area contributed by atoms with Gasteiger partial charge in [0.2, 0.25) is 11.2 Å². The van der Waals surface area contributed by atoms with E-state index in [-0.39, 0.29) is 11.2 Å². The second-order valence-corrected chi connectivity index (χ2v) is 4.66. The van der Waals surface area contributed by atoms with Crippen molar-refractivity contribution in [3.63, 3.8) is 0 Å². The summed E-state index contributed by atoms with van der Waals surface area (Å²) in [6.07, 6.45) is 0. The predicted octanol–water partition coefficient (Wildman–Crippen LogP) is 3.78. The van der Waals surface area contributed by atoms with Crippen LogP contribution >= 0.6 is 0 Å². The molecule has 0 saturated carbocycles. The van der Waals surface area contributed by atoms with E-state index in [0.717, 1.165) is 11.1 Å². The summed E-state index contributed by atoms with van der Waals surface area (Å²) in [7, 11) is 1.48. The SMILES string of the molecule is COc1c(-c2ccccc2)oc2cc(C)ccc2c1=O. The third kappa shape index (κ3) is 1.97. The molecule has 0 atom stereocenters. The molecule has 0 radical (unpaired) electrons. The fourth-order valence-electron chi connectivity index (χ4n) is 2.25. The number of hydrogen-bond acceptors (Lipinski definition) is 3. The van der Waals surface area contributed by atoms with E-state index in [2.05, 4.69) is 0 Å². The zero-order valence-electron chi connectivity index (χ0n) is 11.3. The molecule has 0 fully saturated rings. The van der Waals surface area contributed by atoms with Gasteiger partial charge >= 0.3 is 0 Å². The minimum atomic E-state index is -0.146. The zero-order valence-corrected chi connectivity index (χ0v) is 11.3. The van der Waals surface area contributed by atoms with Crippen molar-refractivity contribution >= 4 is 11.0 Å². The van der Waals surface area contributed by atoms with Gasteiger partial charge in [0.05, 0.1) is 12.5 Å². The van der Waals surface area contributed by atoms with Gasteiger partial charge in [-0.2, -0.15) is 0 Å². The number of benzene rings is 2. The van der Waals surface area contributed by atoms with Crippen LogP contribution in [0.5, 0.6) is 5.75 Å². The lowest BCUT2D eigenvalue weighted by Gasteiger charge is -2.09. The van der Waals surface area contributed by atoms with Crippen molar-refractivity contribution in [2.75, 3.05) is 7.11 Å². The molecular weight excluding hydrogens is 252 g/mol. The van der Waals surface area contributed by atoms with Crippen LogP contribution in [-0.2, 0) is 0 Å². The molecular formula is C17H14O3. The number of aryl methyl sites for hydroxylation is 1. The van der Waals surface area contributed by atoms with Gasteiger partial charge in [0.1, 0.15) is 5.58 Å². The van der Waals surface area contributed by atoms with Gasteiger partial charge in [0, 0.05) is 5.56 Å². The molecule has 20 heavy (non-hydrogen) atoms. The van der Waals surface area contributed by atoms with Gasteiger partial charge in [-0.05, 0) is 24.6 Å². The van der Waals surface area contributed by atoms with E-state index in [4.69, 9.17) is 9.15 Å². The Morgan fingerprint density at radius 1 is 1.05 bits per heavy atom. The number of ether oxygens (including phenoxy) is 1. The average molecular weight is 266 g/mol. The van der Waals surface area contributed by atoms with Gasteiger partial charge in [-0.3, -0.25) is 4.79 Å². The summed E-state index contributed by atoms with van der Waals surface area (Å²) in [6, 6.07) is 15.0. The highest BCUT2D eigenvalue weighted by molar-refractivity contribution is 5.82. The first-order chi connectivity index (χ1) is 9.70. The monoisotopic (exact) mass is 266 g/mol. The molecule has 0 aliphatic rings. The fourth-order valence-corrected chi connectivity index (χ4v) is 2.25. The fraction of sp³-hybridized carbons (Fsp3) is 0.118. The molecule has 0 saturated heterocycles. The van der Waals surface area contributed by atoms with Gasteiger partial charge in [0.15, 0.2) is 5.76 Å². The Kier molecular flexibility index (Phi) is 3.03. The van der Waals surface area contributed by atoms with Crippen LogP contribution < -0.4 is 10.2 Å². The van der Waals surface area contributed by atoms with Gasteiger partial charge < -0.3 is 9.15 Å². The minimum absolute atomic E-state index is 0.146. The Morgan fingerprint density at radius 2 is 1.80 bits per heavy atom. The molecule has 3 aromatic rings. The van der Waals surface area contributed by atoms with E-state index in [1.54, 1.807) is 6.07 Å². The summed E-state index contributed by atoms with van der Waals surface area (Å²) in [5.41, 5.74) is 2.30. The molecule has 0 N–H and O–H groups in total. The van der Waals surface area contributed by atoms with Gasteiger partial charge in [-0.15, -0.1) is 0 Å². The van der Waals surface area contributed by atoms with Crippen LogP contribution in [0.15, 0.2) is 57.7 Å². The van der Waals surface area contributed by atoms with Crippen molar-refractivity contribution in [3.05, 3.63) is 64.3 Å². The summed E-state index contributed by atoms with van der Waals surface area (Å²) in [6.45, 7) is 1.96. The second-order valence-electron chi connectivity index (χ2n) is 4.66. The van der Waals surface area contributed by atoms with Gasteiger partial charge in [0.25, 0.3) is 0 Å². The van der Waals surface area contributed by atoms with Crippen LogP contribution in [-0.4, -0.2) is 7.11 Å². The number of methoxy groups -OCH3 is 1. The van der Waals surface area contributed by atoms with Crippen molar-refractivity contribution in [1.82, 2.24) is 0 Å². The van der Waals surface area contributed by atoms with Crippen LogP contribution in [0.3, 0.4) is 0 Å². The summed E-state index contributed by atoms with van der Waals surface area (Å²) < 4.78 is 11.2. The van der Waals surface area contributed by atoms with Gasteiger partial charge in [-0.25, -0.2) is 0 Å². The third-order valence-electron chi connectivity index (χ3n) is 3.25. The Bertz CT molecular complexity index is 817. The van der Waals surface area contributed by atoms with Crippen LogP contribution in [0.1, 0.15) is 5.56 Å². The van der Waals surface area contributed by atoms with Crippen molar-refractivity contribution < 1.29 is 9.15 Å². The first-order valence-electron chi connectivity index (χ1n) is 6.37. The van der Waals surface area contributed by atoms with Crippen molar-refractivity contribution in [2.45, 2.75) is 6.92 Å². The van der Waals surface area contributed by atoms with Crippen LogP contribution in [0.2, 0.25) is 0 Å². The Morgan fingerprint density at radius 3 is 2.50 bits per heavy atom. The largest absolute Gasteiger partial charge is 0.490 e. The molecule has 3 nitrogen and oxygen atoms in total. The van der Waals surface area contributed by atoms with Crippen molar-refractivity contribution in [1.29, 1.82) is 0 Å². The Hall–Kier alpha value is -2.55. The first kappa shape index (κ1) is 12.5. The molecule has 0 aliphatic heterocycles. The topological polar surface area (TPSA) is 39.4 Å². The molecule has 0 aliphatic carbocycles. The molecule has 1 heterocycles. The summed E-state index contributed by atoms with van der Waals surface area (Å²) >= 11 is 0. The highest BCUT2D eigenvalue weighted by atomic mass is 16.5. The lowest BCUT2D eigenvalue weighted by molar-refractivity contribution is 0.398. The number of fused-ring (bicyclic) bond motifs is 1. The molecule has 100 valence electrons. The summed E-state index contributed by atoms with van der Waals surface area (Å²) in [4.78, 5) is 12.5. The van der Waals surface area contributed by atoms with E-state index in [1.807, 2.05) is 49.4 Å². The first-order valence-corrected chi connectivity index (χ1v) is 6.37. The highest BCUT2D eigenvalue weighted by Gasteiger charge is 2.16. The molecule has 0 spiro atoms. The standard InChI is InChI=1S/C17H14O3/c1-11-8-9-13-14(10-11)20-16(17(19-2)15(13)18)12-6-4-3-5-7-12/h3-10H,1-2H3. The Balaban J connectivity index is 2.39. The Labute approximate surface area is 116 Å². The maximum atomic E-state index is 12.5. The lowest BCUT2D eigenvalue weighted by atomic mass is 10.1. The normalized spacial score (nSPS) is 10.7. The quantitative estimate of drug-likeness (QED) is 0.708. The number of hydrogen-bond donors (Lipinski definition) is 0. The van der Waals surface area contributed by atoms with E-state index < -0.39 is 0 Å². The zero-order chi connectivity index (χ0) is 14.1. The maximum Gasteiger partial charge on any atom is 0.235 e. The summed E-state index contributed by atoms with van der Waals surface area (Å²) in [5.74, 6) is 0.712. The van der Waals surface area contributed by atoms with Crippen molar-refractivity contribution in [3.8, 4) is 17.1 Å². The highest BCUT2D eigenvalue weighted by Crippen LogP contribution is 2.30. The second kappa shape index (κ2) is 4.85. The molecule has 0 bridgehead atoms. The number of rotatable bonds is 2. The van der Waals surface area contributed by atoms with Gasteiger partial charge in [-0.1, -0.05) is 36.4 Å². The lowest BCUT2D eigenvalue weighted by Crippen LogP contribution is -2.07. The van der Waals surface area contributed by atoms with E-state index in [9.17, 15) is 4.79 Å². The molecule has 0 unspecified atom stereocenters. The third-order valence-corrected chi connectivity index (χ3v) is 3.25. The van der Waals surface area contributed by atoms with Crippen LogP contribution in [0.4, 0.5) is 0 Å². The van der Waals surface area contributed by atoms with Crippen LogP contribution in [0.25, 0.3) is 22.3 Å². The summed E-state index contributed by atoms with van der Waals surface area (Å²) in [5, 5.41) is 0.534. The van der Waals surface area contributed by atoms with Crippen LogP contribution in [0, 0.1) is 6.92 Å². The van der Waals surface area contributed by atoms with Crippen molar-refractivity contribution in [2.24, 2.45) is 0 Å². The average Bonchev–Trinajstić information content (AvgIpc) is 2.47. The smallest absolute Gasteiger partial charge is 0.235 e. The molecule has 3 heteroatoms. The minimum Gasteiger partial charge on any atom is -0.490 e.